The first kappa shape index (κ1) is 11.9. The van der Waals surface area contributed by atoms with Crippen LogP contribution < -0.4 is 0 Å². The largest absolute Gasteiger partial charge is 0.393 e. The fourth-order valence-electron chi connectivity index (χ4n) is 1.47. The van der Waals surface area contributed by atoms with E-state index >= 15 is 0 Å². The molecule has 0 bridgehead atoms. The van der Waals surface area contributed by atoms with E-state index in [-0.39, 0.29) is 18.3 Å². The summed E-state index contributed by atoms with van der Waals surface area (Å²) in [4.78, 5) is 0. The van der Waals surface area contributed by atoms with Crippen molar-refractivity contribution in [3.05, 3.63) is 0 Å². The van der Waals surface area contributed by atoms with Gasteiger partial charge in [-0.05, 0) is 12.3 Å². The average molecular weight is 204 g/mol. The van der Waals surface area contributed by atoms with Crippen LogP contribution in [-0.4, -0.2) is 44.4 Å². The molecule has 84 valence electrons. The predicted molar refractivity (Wildman–Crippen MR) is 52.0 cm³/mol. The first-order chi connectivity index (χ1) is 6.74. The van der Waals surface area contributed by atoms with Crippen LogP contribution in [0.4, 0.5) is 0 Å². The quantitative estimate of drug-likeness (QED) is 0.694. The second kappa shape index (κ2) is 6.35. The maximum Gasteiger partial charge on any atom is 0.160 e. The number of aliphatic hydroxyl groups excluding tert-OH is 1. The SMILES string of the molecule is COCCC(C)C(O)CC1OCCO1. The molecule has 2 unspecified atom stereocenters. The first-order valence-electron chi connectivity index (χ1n) is 5.14. The van der Waals surface area contributed by atoms with Crippen molar-refractivity contribution in [1.29, 1.82) is 0 Å². The van der Waals surface area contributed by atoms with Gasteiger partial charge in [0.1, 0.15) is 0 Å². The van der Waals surface area contributed by atoms with Gasteiger partial charge in [-0.2, -0.15) is 0 Å². The van der Waals surface area contributed by atoms with E-state index in [9.17, 15) is 5.11 Å². The van der Waals surface area contributed by atoms with E-state index in [1.807, 2.05) is 6.92 Å². The van der Waals surface area contributed by atoms with Crippen molar-refractivity contribution in [2.24, 2.45) is 5.92 Å². The molecule has 1 heterocycles. The predicted octanol–water partition coefficient (Wildman–Crippen LogP) is 0.783. The lowest BCUT2D eigenvalue weighted by molar-refractivity contribution is -0.0794. The molecule has 4 nitrogen and oxygen atoms in total. The minimum Gasteiger partial charge on any atom is -0.393 e. The molecule has 1 aliphatic heterocycles. The zero-order chi connectivity index (χ0) is 10.4. The van der Waals surface area contributed by atoms with Gasteiger partial charge in [-0.3, -0.25) is 0 Å². The Kier molecular flexibility index (Phi) is 5.40. The Morgan fingerprint density at radius 3 is 2.64 bits per heavy atom. The molecule has 0 aromatic carbocycles. The van der Waals surface area contributed by atoms with Gasteiger partial charge in [0.05, 0.1) is 19.3 Å². The molecule has 0 amide bonds. The summed E-state index contributed by atoms with van der Waals surface area (Å²) in [6.07, 6.45) is 0.846. The van der Waals surface area contributed by atoms with Crippen LogP contribution in [0.2, 0.25) is 0 Å². The van der Waals surface area contributed by atoms with Gasteiger partial charge >= 0.3 is 0 Å². The number of methoxy groups -OCH3 is 1. The van der Waals surface area contributed by atoms with Crippen LogP contribution in [0.5, 0.6) is 0 Å². The third kappa shape index (κ3) is 3.92. The Labute approximate surface area is 85.2 Å². The third-order valence-corrected chi connectivity index (χ3v) is 2.56. The summed E-state index contributed by atoms with van der Waals surface area (Å²) in [5, 5.41) is 9.79. The molecule has 0 saturated carbocycles. The van der Waals surface area contributed by atoms with Crippen molar-refractivity contribution in [2.45, 2.75) is 32.2 Å². The molecule has 1 N–H and O–H groups in total. The minimum absolute atomic E-state index is 0.213. The Morgan fingerprint density at radius 1 is 1.43 bits per heavy atom. The van der Waals surface area contributed by atoms with Crippen LogP contribution in [0.15, 0.2) is 0 Å². The molecule has 0 aromatic heterocycles. The van der Waals surface area contributed by atoms with Crippen molar-refractivity contribution >= 4 is 0 Å². The molecule has 0 aliphatic carbocycles. The van der Waals surface area contributed by atoms with Crippen molar-refractivity contribution < 1.29 is 19.3 Å². The van der Waals surface area contributed by atoms with Crippen molar-refractivity contribution in [2.75, 3.05) is 26.9 Å². The van der Waals surface area contributed by atoms with Gasteiger partial charge in [-0.25, -0.2) is 0 Å². The molecule has 1 rings (SSSR count). The Balaban J connectivity index is 2.15. The molecule has 0 radical (unpaired) electrons. The van der Waals surface area contributed by atoms with Crippen molar-refractivity contribution in [3.8, 4) is 0 Å². The first-order valence-corrected chi connectivity index (χ1v) is 5.14. The van der Waals surface area contributed by atoms with E-state index in [1.54, 1.807) is 7.11 Å². The van der Waals surface area contributed by atoms with Gasteiger partial charge in [0, 0.05) is 20.1 Å². The summed E-state index contributed by atoms with van der Waals surface area (Å²) >= 11 is 0. The van der Waals surface area contributed by atoms with Crippen LogP contribution >= 0.6 is 0 Å². The highest BCUT2D eigenvalue weighted by atomic mass is 16.7. The van der Waals surface area contributed by atoms with E-state index in [0.29, 0.717) is 26.2 Å². The van der Waals surface area contributed by atoms with E-state index in [0.717, 1.165) is 6.42 Å². The van der Waals surface area contributed by atoms with E-state index in [4.69, 9.17) is 14.2 Å². The smallest absolute Gasteiger partial charge is 0.160 e. The lowest BCUT2D eigenvalue weighted by Crippen LogP contribution is -2.25. The molecule has 1 aliphatic rings. The number of ether oxygens (including phenoxy) is 3. The van der Waals surface area contributed by atoms with Crippen LogP contribution in [0.25, 0.3) is 0 Å². The zero-order valence-corrected chi connectivity index (χ0v) is 8.94. The molecule has 0 spiro atoms. The highest BCUT2D eigenvalue weighted by Gasteiger charge is 2.23. The highest BCUT2D eigenvalue weighted by molar-refractivity contribution is 4.67. The van der Waals surface area contributed by atoms with Crippen LogP contribution in [0, 0.1) is 5.92 Å². The average Bonchev–Trinajstić information content (AvgIpc) is 2.66. The summed E-state index contributed by atoms with van der Waals surface area (Å²) in [5.41, 5.74) is 0. The summed E-state index contributed by atoms with van der Waals surface area (Å²) < 4.78 is 15.5. The summed E-state index contributed by atoms with van der Waals surface area (Å²) in [6.45, 7) is 3.98. The van der Waals surface area contributed by atoms with Gasteiger partial charge in [-0.15, -0.1) is 0 Å². The molecule has 1 saturated heterocycles. The Hall–Kier alpha value is -0.160. The Morgan fingerprint density at radius 2 is 2.07 bits per heavy atom. The molecular formula is C10H20O4. The lowest BCUT2D eigenvalue weighted by atomic mass is 9.98. The van der Waals surface area contributed by atoms with Crippen LogP contribution in [0.1, 0.15) is 19.8 Å². The number of aliphatic hydroxyl groups is 1. The van der Waals surface area contributed by atoms with Crippen molar-refractivity contribution in [1.82, 2.24) is 0 Å². The normalized spacial score (nSPS) is 22.5. The lowest BCUT2D eigenvalue weighted by Gasteiger charge is -2.20. The topological polar surface area (TPSA) is 47.9 Å². The summed E-state index contributed by atoms with van der Waals surface area (Å²) in [6, 6.07) is 0. The van der Waals surface area contributed by atoms with Gasteiger partial charge < -0.3 is 19.3 Å². The second-order valence-electron chi connectivity index (χ2n) is 3.73. The van der Waals surface area contributed by atoms with E-state index in [2.05, 4.69) is 0 Å². The summed E-state index contributed by atoms with van der Waals surface area (Å²) in [7, 11) is 1.67. The van der Waals surface area contributed by atoms with Gasteiger partial charge in [0.15, 0.2) is 6.29 Å². The number of hydrogen-bond acceptors (Lipinski definition) is 4. The number of hydrogen-bond donors (Lipinski definition) is 1. The van der Waals surface area contributed by atoms with Crippen molar-refractivity contribution in [3.63, 3.8) is 0 Å². The molecule has 0 aromatic rings. The third-order valence-electron chi connectivity index (χ3n) is 2.56. The monoisotopic (exact) mass is 204 g/mol. The molecule has 2 atom stereocenters. The molecular weight excluding hydrogens is 184 g/mol. The minimum atomic E-state index is -0.367. The van der Waals surface area contributed by atoms with E-state index < -0.39 is 0 Å². The second-order valence-corrected chi connectivity index (χ2v) is 3.73. The van der Waals surface area contributed by atoms with Gasteiger partial charge in [0.2, 0.25) is 0 Å². The molecule has 1 fully saturated rings. The number of rotatable bonds is 6. The van der Waals surface area contributed by atoms with E-state index in [1.165, 1.54) is 0 Å². The summed E-state index contributed by atoms with van der Waals surface area (Å²) in [5.74, 6) is 0.225. The maximum absolute atomic E-state index is 9.79. The van der Waals surface area contributed by atoms with Gasteiger partial charge in [0.25, 0.3) is 0 Å². The zero-order valence-electron chi connectivity index (χ0n) is 8.94. The molecule has 14 heavy (non-hydrogen) atoms. The van der Waals surface area contributed by atoms with Crippen LogP contribution in [-0.2, 0) is 14.2 Å². The maximum atomic E-state index is 9.79. The fraction of sp³-hybridized carbons (Fsp3) is 1.00. The standard InChI is InChI=1S/C10H20O4/c1-8(3-4-12-2)9(11)7-10-13-5-6-14-10/h8-11H,3-7H2,1-2H3. The Bertz CT molecular complexity index is 145. The molecule has 4 heteroatoms. The fourth-order valence-corrected chi connectivity index (χ4v) is 1.47. The van der Waals surface area contributed by atoms with Crippen LogP contribution in [0.3, 0.4) is 0 Å². The van der Waals surface area contributed by atoms with Gasteiger partial charge in [-0.1, -0.05) is 6.92 Å². The highest BCUT2D eigenvalue weighted by Crippen LogP contribution is 2.17.